The maximum absolute atomic E-state index is 12.7. The van der Waals surface area contributed by atoms with Crippen molar-refractivity contribution in [3.8, 4) is 0 Å². The van der Waals surface area contributed by atoms with Crippen molar-refractivity contribution in [2.45, 2.75) is 19.3 Å². The maximum Gasteiger partial charge on any atom is 0.323 e. The van der Waals surface area contributed by atoms with Crippen LogP contribution in [-0.2, 0) is 0 Å². The number of carbonyl (C=O) groups is 1. The van der Waals surface area contributed by atoms with E-state index in [1.807, 2.05) is 29.6 Å². The quantitative estimate of drug-likeness (QED) is 0.560. The molecule has 4 aromatic heterocycles. The monoisotopic (exact) mass is 376 g/mol. The second kappa shape index (κ2) is 6.59. The minimum atomic E-state index is -0.148. The Bertz CT molecular complexity index is 1130. The highest BCUT2D eigenvalue weighted by Crippen LogP contribution is 2.33. The average molecular weight is 376 g/mol. The standard InChI is InChI=1S/C19H20N8O/c1-12-4-7-26(19(28)25-16-3-5-20-11-24-16)10-14(12)18-23-9-13-8-22-17-15(27(13)18)2-6-21-17/h2-3,5-6,8-9,11-12,14,21H,4,7,10H2,1H3,(H,20,24,25,28)/t12-,14+/m1/s1. The summed E-state index contributed by atoms with van der Waals surface area (Å²) in [6.45, 7) is 3.53. The van der Waals surface area contributed by atoms with Crippen LogP contribution in [-0.4, -0.2) is 53.3 Å². The third kappa shape index (κ3) is 2.75. The fourth-order valence-corrected chi connectivity index (χ4v) is 3.91. The molecule has 0 radical (unpaired) electrons. The van der Waals surface area contributed by atoms with Crippen molar-refractivity contribution < 1.29 is 4.79 Å². The van der Waals surface area contributed by atoms with Crippen molar-refractivity contribution in [3.63, 3.8) is 0 Å². The van der Waals surface area contributed by atoms with Gasteiger partial charge in [0.1, 0.15) is 18.0 Å². The molecular formula is C19H20N8O. The Hall–Kier alpha value is -3.49. The van der Waals surface area contributed by atoms with Crippen molar-refractivity contribution in [2.24, 2.45) is 5.92 Å². The van der Waals surface area contributed by atoms with Gasteiger partial charge in [0.25, 0.3) is 0 Å². The third-order valence-electron chi connectivity index (χ3n) is 5.48. The van der Waals surface area contributed by atoms with Crippen LogP contribution < -0.4 is 5.32 Å². The molecule has 2 N–H and O–H groups in total. The normalized spacial score (nSPS) is 20.0. The summed E-state index contributed by atoms with van der Waals surface area (Å²) in [5.74, 6) is 2.01. The summed E-state index contributed by atoms with van der Waals surface area (Å²) in [5, 5.41) is 2.85. The van der Waals surface area contributed by atoms with E-state index in [1.165, 1.54) is 6.33 Å². The number of rotatable bonds is 2. The van der Waals surface area contributed by atoms with Crippen LogP contribution in [0.15, 0.2) is 43.2 Å². The molecular weight excluding hydrogens is 356 g/mol. The molecule has 1 fully saturated rings. The van der Waals surface area contributed by atoms with Gasteiger partial charge in [-0.1, -0.05) is 6.92 Å². The van der Waals surface area contributed by atoms with Gasteiger partial charge >= 0.3 is 6.03 Å². The van der Waals surface area contributed by atoms with Crippen LogP contribution >= 0.6 is 0 Å². The number of nitrogens with one attached hydrogen (secondary N) is 2. The molecule has 9 nitrogen and oxygen atoms in total. The van der Waals surface area contributed by atoms with Crippen molar-refractivity contribution in [2.75, 3.05) is 18.4 Å². The van der Waals surface area contributed by atoms with Crippen LogP contribution in [0.25, 0.3) is 16.7 Å². The highest BCUT2D eigenvalue weighted by molar-refractivity contribution is 5.88. The summed E-state index contributed by atoms with van der Waals surface area (Å²) < 4.78 is 2.14. The second-order valence-corrected chi connectivity index (χ2v) is 7.19. The molecule has 0 spiro atoms. The van der Waals surface area contributed by atoms with Crippen LogP contribution in [0.5, 0.6) is 0 Å². The number of nitrogens with zero attached hydrogens (tertiary/aromatic N) is 6. The molecule has 1 saturated heterocycles. The number of carbonyl (C=O) groups excluding carboxylic acids is 1. The molecule has 0 aliphatic carbocycles. The number of H-pyrrole nitrogens is 1. The zero-order valence-corrected chi connectivity index (χ0v) is 15.4. The summed E-state index contributed by atoms with van der Waals surface area (Å²) >= 11 is 0. The fourth-order valence-electron chi connectivity index (χ4n) is 3.91. The van der Waals surface area contributed by atoms with Gasteiger partial charge in [-0.05, 0) is 24.5 Å². The van der Waals surface area contributed by atoms with E-state index in [0.717, 1.165) is 28.9 Å². The van der Waals surface area contributed by atoms with Gasteiger partial charge in [-0.3, -0.25) is 9.72 Å². The zero-order valence-electron chi connectivity index (χ0n) is 15.4. The zero-order chi connectivity index (χ0) is 19.1. The number of fused-ring (bicyclic) bond motifs is 3. The van der Waals surface area contributed by atoms with E-state index in [0.29, 0.717) is 24.8 Å². The number of aromatic amines is 1. The van der Waals surface area contributed by atoms with E-state index in [4.69, 9.17) is 4.98 Å². The predicted octanol–water partition coefficient (Wildman–Crippen LogP) is 2.66. The van der Waals surface area contributed by atoms with Crippen LogP contribution in [0.4, 0.5) is 10.6 Å². The molecule has 142 valence electrons. The number of aromatic nitrogens is 6. The van der Waals surface area contributed by atoms with Crippen LogP contribution in [0.3, 0.4) is 0 Å². The molecule has 0 unspecified atom stereocenters. The van der Waals surface area contributed by atoms with Crippen molar-refractivity contribution in [1.82, 2.24) is 34.2 Å². The minimum Gasteiger partial charge on any atom is -0.345 e. The van der Waals surface area contributed by atoms with Gasteiger partial charge in [0.2, 0.25) is 0 Å². The number of hydrogen-bond acceptors (Lipinski definition) is 5. The van der Waals surface area contributed by atoms with Gasteiger partial charge in [-0.25, -0.2) is 24.7 Å². The number of imidazole rings is 1. The van der Waals surface area contributed by atoms with Gasteiger partial charge < -0.3 is 9.88 Å². The molecule has 28 heavy (non-hydrogen) atoms. The highest BCUT2D eigenvalue weighted by Gasteiger charge is 2.33. The molecule has 5 heterocycles. The molecule has 2 amide bonds. The maximum atomic E-state index is 12.7. The summed E-state index contributed by atoms with van der Waals surface area (Å²) in [7, 11) is 0. The van der Waals surface area contributed by atoms with Crippen LogP contribution in [0, 0.1) is 5.92 Å². The lowest BCUT2D eigenvalue weighted by atomic mass is 9.86. The van der Waals surface area contributed by atoms with Gasteiger partial charge in [-0.2, -0.15) is 0 Å². The van der Waals surface area contributed by atoms with Gasteiger partial charge in [0.15, 0.2) is 5.65 Å². The van der Waals surface area contributed by atoms with Crippen molar-refractivity contribution in [3.05, 3.63) is 49.1 Å². The van der Waals surface area contributed by atoms with Crippen LogP contribution in [0.1, 0.15) is 25.1 Å². The highest BCUT2D eigenvalue weighted by atomic mass is 16.2. The lowest BCUT2D eigenvalue weighted by Crippen LogP contribution is -2.44. The van der Waals surface area contributed by atoms with E-state index in [1.54, 1.807) is 12.3 Å². The molecule has 1 aliphatic heterocycles. The molecule has 0 bridgehead atoms. The van der Waals surface area contributed by atoms with Gasteiger partial charge in [0, 0.05) is 31.4 Å². The Morgan fingerprint density at radius 2 is 2.14 bits per heavy atom. The first-order valence-corrected chi connectivity index (χ1v) is 9.32. The number of hydrogen-bond donors (Lipinski definition) is 2. The summed E-state index contributed by atoms with van der Waals surface area (Å²) in [4.78, 5) is 34.8. The van der Waals surface area contributed by atoms with E-state index in [2.05, 4.69) is 36.6 Å². The van der Waals surface area contributed by atoms with Crippen molar-refractivity contribution >= 4 is 28.5 Å². The summed E-state index contributed by atoms with van der Waals surface area (Å²) in [5.41, 5.74) is 2.78. The Kier molecular flexibility index (Phi) is 3.92. The first kappa shape index (κ1) is 16.7. The lowest BCUT2D eigenvalue weighted by Gasteiger charge is -2.36. The number of anilines is 1. The predicted molar refractivity (Wildman–Crippen MR) is 104 cm³/mol. The summed E-state index contributed by atoms with van der Waals surface area (Å²) in [6.07, 6.45) is 9.49. The number of piperidine rings is 1. The first-order valence-electron chi connectivity index (χ1n) is 9.32. The van der Waals surface area contributed by atoms with E-state index in [-0.39, 0.29) is 11.9 Å². The Labute approximate surface area is 160 Å². The SMILES string of the molecule is C[C@@H]1CCN(C(=O)Nc2ccncn2)C[C@@H]1c1ncc2cnc3[nH]ccc3n12. The Balaban J connectivity index is 1.45. The van der Waals surface area contributed by atoms with Gasteiger partial charge in [0.05, 0.1) is 23.4 Å². The second-order valence-electron chi connectivity index (χ2n) is 7.19. The molecule has 1 aliphatic rings. The number of amides is 2. The largest absolute Gasteiger partial charge is 0.345 e. The van der Waals surface area contributed by atoms with E-state index >= 15 is 0 Å². The molecule has 9 heteroatoms. The smallest absolute Gasteiger partial charge is 0.323 e. The Morgan fingerprint density at radius 1 is 1.25 bits per heavy atom. The molecule has 5 rings (SSSR count). The molecule has 2 atom stereocenters. The van der Waals surface area contributed by atoms with E-state index in [9.17, 15) is 4.79 Å². The fraction of sp³-hybridized carbons (Fsp3) is 0.316. The third-order valence-corrected chi connectivity index (χ3v) is 5.48. The van der Waals surface area contributed by atoms with Gasteiger partial charge in [-0.15, -0.1) is 0 Å². The van der Waals surface area contributed by atoms with Crippen LogP contribution in [0.2, 0.25) is 0 Å². The average Bonchev–Trinajstić information content (AvgIpc) is 3.35. The lowest BCUT2D eigenvalue weighted by molar-refractivity contribution is 0.170. The number of urea groups is 1. The molecule has 0 aromatic carbocycles. The first-order chi connectivity index (χ1) is 13.7. The Morgan fingerprint density at radius 3 is 3.00 bits per heavy atom. The molecule has 4 aromatic rings. The number of likely N-dealkylation sites (tertiary alicyclic amines) is 1. The van der Waals surface area contributed by atoms with E-state index < -0.39 is 0 Å². The minimum absolute atomic E-state index is 0.132. The summed E-state index contributed by atoms with van der Waals surface area (Å²) in [6, 6.07) is 3.54. The molecule has 0 saturated carbocycles. The topological polar surface area (TPSA) is 104 Å². The van der Waals surface area contributed by atoms with Crippen molar-refractivity contribution in [1.29, 1.82) is 0 Å².